The van der Waals surface area contributed by atoms with E-state index in [1.165, 1.54) is 12.8 Å². The van der Waals surface area contributed by atoms with E-state index in [1.807, 2.05) is 12.1 Å². The maximum atomic E-state index is 13.1. The number of rotatable bonds is 5. The Hall–Kier alpha value is -1.66. The molecule has 2 aliphatic carbocycles. The molecule has 0 radical (unpaired) electrons. The highest BCUT2D eigenvalue weighted by molar-refractivity contribution is 5.80. The Bertz CT molecular complexity index is 565. The topological polar surface area (TPSA) is 49.6 Å². The fraction of sp³-hybridized carbons (Fsp3) is 0.737. The van der Waals surface area contributed by atoms with Gasteiger partial charge in [-0.25, -0.2) is 0 Å². The largest absolute Gasteiger partial charge is 0.469 e. The Balaban J connectivity index is 1.58. The molecule has 0 amide bonds. The van der Waals surface area contributed by atoms with E-state index in [1.54, 1.807) is 6.26 Å². The summed E-state index contributed by atoms with van der Waals surface area (Å²) in [6, 6.07) is 3.94. The van der Waals surface area contributed by atoms with Crippen molar-refractivity contribution in [1.82, 2.24) is 10.6 Å². The second-order valence-corrected chi connectivity index (χ2v) is 7.43. The average Bonchev–Trinajstić information content (AvgIpc) is 3.28. The zero-order valence-corrected chi connectivity index (χ0v) is 15.0. The molecule has 0 aliphatic heterocycles. The Morgan fingerprint density at radius 3 is 2.50 bits per heavy atom. The standard InChI is InChI=1S/C19H28F3N3O/c20-19(21,22)14-5-3-8-16(13-14)25-18(24-15-6-1-2-7-15)23-11-10-17-9-4-12-26-17/h4,9,12,14-16H,1-3,5-8,10-11,13H2,(H2,23,24,25). The molecule has 3 rings (SSSR count). The van der Waals surface area contributed by atoms with Crippen LogP contribution in [0.15, 0.2) is 27.8 Å². The van der Waals surface area contributed by atoms with Crippen LogP contribution in [0.2, 0.25) is 0 Å². The van der Waals surface area contributed by atoms with E-state index >= 15 is 0 Å². The molecule has 2 fully saturated rings. The first-order valence-electron chi connectivity index (χ1n) is 9.67. The Kier molecular flexibility index (Phi) is 6.48. The van der Waals surface area contributed by atoms with Crippen LogP contribution in [0, 0.1) is 5.92 Å². The SMILES string of the molecule is FC(F)(F)C1CCCC(NC(=NCCc2ccco2)NC2CCCC2)C1. The molecule has 2 atom stereocenters. The van der Waals surface area contributed by atoms with Gasteiger partial charge in [0.1, 0.15) is 5.76 Å². The normalized spacial score (nSPS) is 25.4. The molecule has 4 nitrogen and oxygen atoms in total. The van der Waals surface area contributed by atoms with Crippen LogP contribution in [0.3, 0.4) is 0 Å². The Morgan fingerprint density at radius 1 is 1.08 bits per heavy atom. The summed E-state index contributed by atoms with van der Waals surface area (Å²) in [6.45, 7) is 0.547. The van der Waals surface area contributed by atoms with Gasteiger partial charge in [0.2, 0.25) is 0 Å². The predicted molar refractivity (Wildman–Crippen MR) is 95.0 cm³/mol. The highest BCUT2D eigenvalue weighted by Gasteiger charge is 2.42. The number of guanidine groups is 1. The van der Waals surface area contributed by atoms with E-state index in [2.05, 4.69) is 15.6 Å². The number of hydrogen-bond acceptors (Lipinski definition) is 2. The number of nitrogens with zero attached hydrogens (tertiary/aromatic N) is 1. The highest BCUT2D eigenvalue weighted by atomic mass is 19.4. The molecule has 1 heterocycles. The third kappa shape index (κ3) is 5.68. The minimum atomic E-state index is -4.10. The summed E-state index contributed by atoms with van der Waals surface area (Å²) in [7, 11) is 0. The van der Waals surface area contributed by atoms with Gasteiger partial charge in [0.15, 0.2) is 5.96 Å². The van der Waals surface area contributed by atoms with Gasteiger partial charge in [-0.15, -0.1) is 0 Å². The summed E-state index contributed by atoms with van der Waals surface area (Å²) < 4.78 is 44.5. The van der Waals surface area contributed by atoms with Gasteiger partial charge in [-0.3, -0.25) is 4.99 Å². The number of hydrogen-bond donors (Lipinski definition) is 2. The van der Waals surface area contributed by atoms with Crippen LogP contribution >= 0.6 is 0 Å². The number of aliphatic imine (C=N–C) groups is 1. The minimum Gasteiger partial charge on any atom is -0.469 e. The van der Waals surface area contributed by atoms with Gasteiger partial charge in [0.05, 0.1) is 12.2 Å². The van der Waals surface area contributed by atoms with Gasteiger partial charge < -0.3 is 15.1 Å². The fourth-order valence-corrected chi connectivity index (χ4v) is 3.94. The molecule has 26 heavy (non-hydrogen) atoms. The molecule has 146 valence electrons. The second kappa shape index (κ2) is 8.82. The molecule has 0 saturated heterocycles. The lowest BCUT2D eigenvalue weighted by molar-refractivity contribution is -0.183. The summed E-state index contributed by atoms with van der Waals surface area (Å²) in [6.07, 6.45) is 4.51. The Morgan fingerprint density at radius 2 is 1.81 bits per heavy atom. The van der Waals surface area contributed by atoms with Crippen molar-refractivity contribution in [3.05, 3.63) is 24.2 Å². The highest BCUT2D eigenvalue weighted by Crippen LogP contribution is 2.37. The van der Waals surface area contributed by atoms with Gasteiger partial charge in [-0.05, 0) is 44.2 Å². The monoisotopic (exact) mass is 371 g/mol. The van der Waals surface area contributed by atoms with Crippen LogP contribution in [0.25, 0.3) is 0 Å². The summed E-state index contributed by atoms with van der Waals surface area (Å²) in [5.41, 5.74) is 0. The smallest absolute Gasteiger partial charge is 0.391 e. The molecule has 0 aromatic carbocycles. The van der Waals surface area contributed by atoms with Gasteiger partial charge >= 0.3 is 6.18 Å². The first-order valence-corrected chi connectivity index (χ1v) is 9.67. The van der Waals surface area contributed by atoms with E-state index in [-0.39, 0.29) is 18.9 Å². The van der Waals surface area contributed by atoms with Gasteiger partial charge in [0.25, 0.3) is 0 Å². The van der Waals surface area contributed by atoms with Crippen molar-refractivity contribution in [1.29, 1.82) is 0 Å². The van der Waals surface area contributed by atoms with Crippen LogP contribution in [0.1, 0.15) is 57.1 Å². The fourth-order valence-electron chi connectivity index (χ4n) is 3.94. The van der Waals surface area contributed by atoms with E-state index in [9.17, 15) is 13.2 Å². The minimum absolute atomic E-state index is 0.132. The van der Waals surface area contributed by atoms with Crippen LogP contribution in [-0.2, 0) is 6.42 Å². The lowest BCUT2D eigenvalue weighted by Crippen LogP contribution is -2.49. The predicted octanol–water partition coefficient (Wildman–Crippen LogP) is 4.42. The van der Waals surface area contributed by atoms with Crippen molar-refractivity contribution in [3.8, 4) is 0 Å². The maximum absolute atomic E-state index is 13.1. The van der Waals surface area contributed by atoms with Gasteiger partial charge in [-0.2, -0.15) is 13.2 Å². The Labute approximate surface area is 152 Å². The van der Waals surface area contributed by atoms with E-state index in [0.29, 0.717) is 31.4 Å². The number of halogens is 3. The van der Waals surface area contributed by atoms with Gasteiger partial charge in [-0.1, -0.05) is 19.3 Å². The first-order chi connectivity index (χ1) is 12.5. The second-order valence-electron chi connectivity index (χ2n) is 7.43. The quantitative estimate of drug-likeness (QED) is 0.595. The number of nitrogens with one attached hydrogen (secondary N) is 2. The molecule has 2 saturated carbocycles. The molecule has 7 heteroatoms. The van der Waals surface area contributed by atoms with Crippen LogP contribution in [0.4, 0.5) is 13.2 Å². The molecule has 0 bridgehead atoms. The van der Waals surface area contributed by atoms with E-state index in [0.717, 1.165) is 25.0 Å². The summed E-state index contributed by atoms with van der Waals surface area (Å²) in [5, 5.41) is 6.70. The van der Waals surface area contributed by atoms with Crippen molar-refractivity contribution in [2.75, 3.05) is 6.54 Å². The van der Waals surface area contributed by atoms with Crippen molar-refractivity contribution in [2.24, 2.45) is 10.9 Å². The molecule has 1 aromatic heterocycles. The van der Waals surface area contributed by atoms with Crippen LogP contribution in [-0.4, -0.2) is 30.8 Å². The molecule has 1 aromatic rings. The lowest BCUT2D eigenvalue weighted by atomic mass is 9.85. The number of alkyl halides is 3. The zero-order valence-electron chi connectivity index (χ0n) is 15.0. The molecular weight excluding hydrogens is 343 g/mol. The van der Waals surface area contributed by atoms with Crippen molar-refractivity contribution >= 4 is 5.96 Å². The first kappa shape index (κ1) is 19.1. The lowest BCUT2D eigenvalue weighted by Gasteiger charge is -2.32. The third-order valence-corrected chi connectivity index (χ3v) is 5.38. The van der Waals surface area contributed by atoms with Crippen LogP contribution in [0.5, 0.6) is 0 Å². The average molecular weight is 371 g/mol. The molecular formula is C19H28F3N3O. The zero-order chi connectivity index (χ0) is 18.4. The summed E-state index contributed by atoms with van der Waals surface area (Å²) >= 11 is 0. The van der Waals surface area contributed by atoms with Crippen molar-refractivity contribution < 1.29 is 17.6 Å². The number of furan rings is 1. The van der Waals surface area contributed by atoms with E-state index < -0.39 is 12.1 Å². The molecule has 2 aliphatic rings. The summed E-state index contributed by atoms with van der Waals surface area (Å²) in [4.78, 5) is 4.60. The van der Waals surface area contributed by atoms with E-state index in [4.69, 9.17) is 4.42 Å². The molecule has 0 spiro atoms. The van der Waals surface area contributed by atoms with Gasteiger partial charge in [0, 0.05) is 25.0 Å². The molecule has 2 unspecified atom stereocenters. The maximum Gasteiger partial charge on any atom is 0.391 e. The summed E-state index contributed by atoms with van der Waals surface area (Å²) in [5.74, 6) is 0.310. The van der Waals surface area contributed by atoms with Crippen molar-refractivity contribution in [2.45, 2.75) is 76.0 Å². The third-order valence-electron chi connectivity index (χ3n) is 5.38. The van der Waals surface area contributed by atoms with Crippen LogP contribution < -0.4 is 10.6 Å². The van der Waals surface area contributed by atoms with Crippen molar-refractivity contribution in [3.63, 3.8) is 0 Å². The molecule has 2 N–H and O–H groups in total.